The van der Waals surface area contributed by atoms with Gasteiger partial charge in [-0.05, 0) is 34.1 Å². The highest BCUT2D eigenvalue weighted by atomic mass is 16.2. The molecule has 2 unspecified atom stereocenters. The molecule has 5 heteroatoms. The van der Waals surface area contributed by atoms with Crippen LogP contribution in [-0.4, -0.2) is 36.0 Å². The number of carbonyl (C=O) groups is 2. The second kappa shape index (κ2) is 5.49. The summed E-state index contributed by atoms with van der Waals surface area (Å²) in [6, 6.07) is -0.0842. The van der Waals surface area contributed by atoms with Gasteiger partial charge in [-0.2, -0.15) is 0 Å². The van der Waals surface area contributed by atoms with Crippen LogP contribution in [0.4, 0.5) is 0 Å². The largest absolute Gasteiger partial charge is 0.352 e. The molecule has 0 aromatic heterocycles. The predicted octanol–water partition coefficient (Wildman–Crippen LogP) is 0.158. The summed E-state index contributed by atoms with van der Waals surface area (Å²) in [5, 5.41) is 8.92. The van der Waals surface area contributed by atoms with Crippen LogP contribution in [0.5, 0.6) is 0 Å². The van der Waals surface area contributed by atoms with Crippen molar-refractivity contribution in [2.45, 2.75) is 58.2 Å². The van der Waals surface area contributed by atoms with E-state index in [-0.39, 0.29) is 29.4 Å². The lowest BCUT2D eigenvalue weighted by Crippen LogP contribution is -2.51. The Morgan fingerprint density at radius 1 is 1.53 bits per heavy atom. The second-order valence-electron chi connectivity index (χ2n) is 5.67. The second-order valence-corrected chi connectivity index (χ2v) is 5.67. The van der Waals surface area contributed by atoms with E-state index in [0.717, 1.165) is 6.42 Å². The first-order valence-corrected chi connectivity index (χ1v) is 6.13. The zero-order valence-corrected chi connectivity index (χ0v) is 11.1. The van der Waals surface area contributed by atoms with Gasteiger partial charge >= 0.3 is 0 Å². The Bertz CT molecular complexity index is 297. The summed E-state index contributed by atoms with van der Waals surface area (Å²) < 4.78 is 0. The normalized spacial score (nSPS) is 22.1. The van der Waals surface area contributed by atoms with Crippen molar-refractivity contribution in [3.8, 4) is 0 Å². The Morgan fingerprint density at radius 3 is 2.65 bits per heavy atom. The topological polar surface area (TPSA) is 70.2 Å². The van der Waals surface area contributed by atoms with Gasteiger partial charge in [-0.3, -0.25) is 9.59 Å². The SMILES string of the molecule is CC(NCC1CCC(=O)N1)C(=O)NC(C)(C)C. The van der Waals surface area contributed by atoms with Crippen LogP contribution in [0.3, 0.4) is 0 Å². The highest BCUT2D eigenvalue weighted by Crippen LogP contribution is 2.05. The number of hydrogen-bond donors (Lipinski definition) is 3. The standard InChI is InChI=1S/C12H23N3O2/c1-8(11(17)15-12(2,3)4)13-7-9-5-6-10(16)14-9/h8-9,13H,5-7H2,1-4H3,(H,14,16)(H,15,17). The predicted molar refractivity (Wildman–Crippen MR) is 66.5 cm³/mol. The lowest BCUT2D eigenvalue weighted by atomic mass is 10.1. The van der Waals surface area contributed by atoms with Crippen LogP contribution in [0.1, 0.15) is 40.5 Å². The van der Waals surface area contributed by atoms with Crippen molar-refractivity contribution in [1.82, 2.24) is 16.0 Å². The van der Waals surface area contributed by atoms with E-state index in [1.807, 2.05) is 27.7 Å². The van der Waals surface area contributed by atoms with Gasteiger partial charge in [-0.25, -0.2) is 0 Å². The van der Waals surface area contributed by atoms with Gasteiger partial charge in [-0.1, -0.05) is 0 Å². The van der Waals surface area contributed by atoms with E-state index >= 15 is 0 Å². The van der Waals surface area contributed by atoms with Crippen molar-refractivity contribution in [2.75, 3.05) is 6.54 Å². The van der Waals surface area contributed by atoms with Gasteiger partial charge in [0.15, 0.2) is 0 Å². The van der Waals surface area contributed by atoms with Gasteiger partial charge in [-0.15, -0.1) is 0 Å². The minimum Gasteiger partial charge on any atom is -0.352 e. The maximum atomic E-state index is 11.8. The molecule has 1 fully saturated rings. The summed E-state index contributed by atoms with van der Waals surface area (Å²) in [5.74, 6) is 0.0884. The van der Waals surface area contributed by atoms with E-state index in [1.165, 1.54) is 0 Å². The van der Waals surface area contributed by atoms with E-state index in [2.05, 4.69) is 16.0 Å². The van der Waals surface area contributed by atoms with E-state index in [1.54, 1.807) is 0 Å². The summed E-state index contributed by atoms with van der Waals surface area (Å²) in [5.41, 5.74) is -0.214. The fourth-order valence-electron chi connectivity index (χ4n) is 1.72. The van der Waals surface area contributed by atoms with Crippen LogP contribution in [0.2, 0.25) is 0 Å². The van der Waals surface area contributed by atoms with Gasteiger partial charge in [0.1, 0.15) is 0 Å². The van der Waals surface area contributed by atoms with Gasteiger partial charge < -0.3 is 16.0 Å². The molecule has 0 aliphatic carbocycles. The van der Waals surface area contributed by atoms with Crippen molar-refractivity contribution in [2.24, 2.45) is 0 Å². The minimum absolute atomic E-state index is 0.0122. The highest BCUT2D eigenvalue weighted by molar-refractivity contribution is 5.82. The molecule has 98 valence electrons. The Morgan fingerprint density at radius 2 is 2.18 bits per heavy atom. The molecular formula is C12H23N3O2. The van der Waals surface area contributed by atoms with Crippen LogP contribution in [0.15, 0.2) is 0 Å². The molecule has 5 nitrogen and oxygen atoms in total. The van der Waals surface area contributed by atoms with E-state index in [0.29, 0.717) is 13.0 Å². The van der Waals surface area contributed by atoms with Crippen LogP contribution < -0.4 is 16.0 Å². The molecule has 0 saturated carbocycles. The van der Waals surface area contributed by atoms with E-state index in [9.17, 15) is 9.59 Å². The molecular weight excluding hydrogens is 218 g/mol. The molecule has 17 heavy (non-hydrogen) atoms. The Labute approximate surface area is 103 Å². The molecule has 0 radical (unpaired) electrons. The zero-order valence-electron chi connectivity index (χ0n) is 11.1. The Kier molecular flexibility index (Phi) is 4.51. The van der Waals surface area contributed by atoms with Gasteiger partial charge in [0.25, 0.3) is 0 Å². The molecule has 0 aromatic carbocycles. The molecule has 0 bridgehead atoms. The molecule has 1 heterocycles. The third-order valence-electron chi connectivity index (χ3n) is 2.65. The molecule has 1 rings (SSSR count). The third-order valence-corrected chi connectivity index (χ3v) is 2.65. The van der Waals surface area contributed by atoms with Crippen LogP contribution in [0, 0.1) is 0 Å². The average molecular weight is 241 g/mol. The molecule has 2 amide bonds. The highest BCUT2D eigenvalue weighted by Gasteiger charge is 2.23. The lowest BCUT2D eigenvalue weighted by molar-refractivity contribution is -0.124. The summed E-state index contributed by atoms with van der Waals surface area (Å²) in [6.45, 7) is 8.33. The van der Waals surface area contributed by atoms with Gasteiger partial charge in [0.05, 0.1) is 6.04 Å². The summed E-state index contributed by atoms with van der Waals surface area (Å²) in [6.07, 6.45) is 1.44. The molecule has 1 aliphatic rings. The number of carbonyl (C=O) groups excluding carboxylic acids is 2. The monoisotopic (exact) mass is 241 g/mol. The number of rotatable bonds is 4. The molecule has 1 aliphatic heterocycles. The molecule has 0 aromatic rings. The number of nitrogens with one attached hydrogen (secondary N) is 3. The first-order chi connectivity index (χ1) is 7.78. The molecule has 0 spiro atoms. The number of hydrogen-bond acceptors (Lipinski definition) is 3. The van der Waals surface area contributed by atoms with Crippen molar-refractivity contribution in [3.63, 3.8) is 0 Å². The quantitative estimate of drug-likeness (QED) is 0.656. The first-order valence-electron chi connectivity index (χ1n) is 6.13. The smallest absolute Gasteiger partial charge is 0.237 e. The summed E-state index contributed by atoms with van der Waals surface area (Å²) in [7, 11) is 0. The van der Waals surface area contributed by atoms with Gasteiger partial charge in [0, 0.05) is 24.5 Å². The molecule has 3 N–H and O–H groups in total. The van der Waals surface area contributed by atoms with Crippen molar-refractivity contribution in [3.05, 3.63) is 0 Å². The molecule has 1 saturated heterocycles. The van der Waals surface area contributed by atoms with Crippen molar-refractivity contribution >= 4 is 11.8 Å². The number of amides is 2. The van der Waals surface area contributed by atoms with E-state index in [4.69, 9.17) is 0 Å². The van der Waals surface area contributed by atoms with Crippen LogP contribution >= 0.6 is 0 Å². The first kappa shape index (κ1) is 14.0. The fraction of sp³-hybridized carbons (Fsp3) is 0.833. The van der Waals surface area contributed by atoms with Gasteiger partial charge in [0.2, 0.25) is 11.8 Å². The third kappa shape index (κ3) is 5.17. The maximum Gasteiger partial charge on any atom is 0.237 e. The maximum absolute atomic E-state index is 11.8. The zero-order chi connectivity index (χ0) is 13.1. The average Bonchev–Trinajstić information content (AvgIpc) is 2.58. The van der Waals surface area contributed by atoms with Crippen LogP contribution in [-0.2, 0) is 9.59 Å². The molecule has 2 atom stereocenters. The van der Waals surface area contributed by atoms with E-state index < -0.39 is 0 Å². The van der Waals surface area contributed by atoms with Crippen molar-refractivity contribution in [1.29, 1.82) is 0 Å². The summed E-state index contributed by atoms with van der Waals surface area (Å²) in [4.78, 5) is 22.8. The fourth-order valence-corrected chi connectivity index (χ4v) is 1.72. The van der Waals surface area contributed by atoms with Crippen LogP contribution in [0.25, 0.3) is 0 Å². The Balaban J connectivity index is 2.27. The minimum atomic E-state index is -0.244. The van der Waals surface area contributed by atoms with Crippen molar-refractivity contribution < 1.29 is 9.59 Å². The lowest BCUT2D eigenvalue weighted by Gasteiger charge is -2.24. The summed E-state index contributed by atoms with van der Waals surface area (Å²) >= 11 is 0. The Hall–Kier alpha value is -1.10.